The molecule has 2 heterocycles. The van der Waals surface area contributed by atoms with E-state index in [1.807, 2.05) is 6.07 Å². The van der Waals surface area contributed by atoms with Gasteiger partial charge in [0, 0.05) is 29.8 Å². The van der Waals surface area contributed by atoms with Crippen LogP contribution in [0.25, 0.3) is 22.3 Å². The monoisotopic (exact) mass is 549 g/mol. The van der Waals surface area contributed by atoms with Crippen LogP contribution in [0.2, 0.25) is 0 Å². The van der Waals surface area contributed by atoms with Gasteiger partial charge in [0.25, 0.3) is 0 Å². The highest BCUT2D eigenvalue weighted by molar-refractivity contribution is 7.92. The molecule has 5 rings (SSSR count). The van der Waals surface area contributed by atoms with Crippen molar-refractivity contribution in [2.24, 2.45) is 4.99 Å². The molecule has 1 aliphatic heterocycles. The average molecular weight is 550 g/mol. The lowest BCUT2D eigenvalue weighted by atomic mass is 10.00. The SMILES string of the molecule is CS(=O)(=O)CCCN(c1cc2oc(-c3ccc(F)cc3)c(C3=NCCON3)c2cc1C1CC1)S(C)(=O)=O. The predicted molar refractivity (Wildman–Crippen MR) is 141 cm³/mol. The van der Waals surface area contributed by atoms with Gasteiger partial charge < -0.3 is 4.42 Å². The maximum Gasteiger partial charge on any atom is 0.232 e. The predicted octanol–water partition coefficient (Wildman–Crippen LogP) is 3.60. The Balaban J connectivity index is 1.69. The summed E-state index contributed by atoms with van der Waals surface area (Å²) in [4.78, 5) is 9.97. The number of fused-ring (bicyclic) bond motifs is 1. The second-order valence-corrected chi connectivity index (χ2v) is 13.7. The van der Waals surface area contributed by atoms with E-state index in [-0.39, 0.29) is 30.5 Å². The lowest BCUT2D eigenvalue weighted by molar-refractivity contribution is 0.0827. The summed E-state index contributed by atoms with van der Waals surface area (Å²) in [6.07, 6.45) is 4.24. The van der Waals surface area contributed by atoms with Crippen molar-refractivity contribution in [3.8, 4) is 11.3 Å². The molecule has 1 N–H and O–H groups in total. The number of rotatable bonds is 9. The molecule has 198 valence electrons. The van der Waals surface area contributed by atoms with Crippen molar-refractivity contribution in [3.05, 3.63) is 53.3 Å². The van der Waals surface area contributed by atoms with Crippen LogP contribution in [0.1, 0.15) is 36.3 Å². The first-order valence-electron chi connectivity index (χ1n) is 12.0. The van der Waals surface area contributed by atoms with E-state index < -0.39 is 19.9 Å². The number of nitrogens with zero attached hydrogens (tertiary/aromatic N) is 2. The second kappa shape index (κ2) is 9.73. The van der Waals surface area contributed by atoms with Gasteiger partial charge in [-0.3, -0.25) is 14.1 Å². The van der Waals surface area contributed by atoms with Gasteiger partial charge in [0.15, 0.2) is 5.84 Å². The lowest BCUT2D eigenvalue weighted by Gasteiger charge is -2.25. The highest BCUT2D eigenvalue weighted by Crippen LogP contribution is 2.48. The highest BCUT2D eigenvalue weighted by atomic mass is 32.2. The average Bonchev–Trinajstić information content (AvgIpc) is 3.61. The summed E-state index contributed by atoms with van der Waals surface area (Å²) in [7, 11) is -6.96. The Hall–Kier alpha value is -2.96. The molecule has 2 aliphatic rings. The van der Waals surface area contributed by atoms with E-state index in [0.717, 1.165) is 36.3 Å². The Morgan fingerprint density at radius 2 is 1.84 bits per heavy atom. The third-order valence-corrected chi connectivity index (χ3v) is 8.59. The normalized spacial score (nSPS) is 16.5. The first-order chi connectivity index (χ1) is 17.5. The van der Waals surface area contributed by atoms with Crippen LogP contribution >= 0.6 is 0 Å². The van der Waals surface area contributed by atoms with Crippen molar-refractivity contribution in [3.63, 3.8) is 0 Å². The smallest absolute Gasteiger partial charge is 0.232 e. The lowest BCUT2D eigenvalue weighted by Crippen LogP contribution is -2.32. The number of sulfonamides is 1. The highest BCUT2D eigenvalue weighted by Gasteiger charge is 2.33. The zero-order valence-corrected chi connectivity index (χ0v) is 22.2. The standard InChI is InChI=1S/C25H28FN3O6S2/c1-36(30,31)13-3-11-29(37(2,32)33)21-15-22-20(14-19(21)16-4-5-16)23(25-27-10-12-34-28-25)24(35-22)17-6-8-18(26)9-7-17/h6-9,14-16H,3-5,10-13H2,1-2H3,(H,27,28). The van der Waals surface area contributed by atoms with Crippen LogP contribution in [0, 0.1) is 5.82 Å². The number of hydroxylamine groups is 1. The Morgan fingerprint density at radius 3 is 2.43 bits per heavy atom. The molecule has 1 aromatic heterocycles. The molecule has 0 spiro atoms. The van der Waals surface area contributed by atoms with Gasteiger partial charge in [-0.2, -0.15) is 0 Å². The number of amidine groups is 1. The van der Waals surface area contributed by atoms with Gasteiger partial charge in [-0.25, -0.2) is 26.7 Å². The van der Waals surface area contributed by atoms with E-state index in [9.17, 15) is 21.2 Å². The summed E-state index contributed by atoms with van der Waals surface area (Å²) >= 11 is 0. The van der Waals surface area contributed by atoms with Crippen molar-refractivity contribution >= 4 is 42.4 Å². The summed E-state index contributed by atoms with van der Waals surface area (Å²) in [5.74, 6) is 0.605. The maximum atomic E-state index is 13.7. The zero-order chi connectivity index (χ0) is 26.4. The van der Waals surface area contributed by atoms with Crippen molar-refractivity contribution < 1.29 is 30.5 Å². The van der Waals surface area contributed by atoms with E-state index >= 15 is 0 Å². The van der Waals surface area contributed by atoms with Crippen molar-refractivity contribution in [2.75, 3.05) is 42.3 Å². The molecule has 3 aromatic rings. The molecule has 0 unspecified atom stereocenters. The second-order valence-electron chi connectivity index (χ2n) is 9.49. The van der Waals surface area contributed by atoms with Crippen LogP contribution in [-0.4, -0.2) is 60.6 Å². The number of benzene rings is 2. The van der Waals surface area contributed by atoms with E-state index in [1.54, 1.807) is 18.2 Å². The minimum absolute atomic E-state index is 0.0254. The summed E-state index contributed by atoms with van der Waals surface area (Å²) in [6.45, 7) is 0.894. The van der Waals surface area contributed by atoms with Gasteiger partial charge in [-0.1, -0.05) is 0 Å². The fourth-order valence-corrected chi connectivity index (χ4v) is 6.18. The first kappa shape index (κ1) is 25.7. The Morgan fingerprint density at radius 1 is 1.11 bits per heavy atom. The fourth-order valence-electron chi connectivity index (χ4n) is 4.55. The van der Waals surface area contributed by atoms with Gasteiger partial charge >= 0.3 is 0 Å². The zero-order valence-electron chi connectivity index (χ0n) is 20.5. The third kappa shape index (κ3) is 5.65. The molecule has 0 saturated heterocycles. The molecule has 37 heavy (non-hydrogen) atoms. The van der Waals surface area contributed by atoms with Crippen molar-refractivity contribution in [1.29, 1.82) is 0 Å². The number of nitrogens with one attached hydrogen (secondary N) is 1. The van der Waals surface area contributed by atoms with E-state index in [4.69, 9.17) is 9.25 Å². The Labute approximate surface area is 215 Å². The molecule has 0 atom stereocenters. The first-order valence-corrected chi connectivity index (χ1v) is 15.9. The van der Waals surface area contributed by atoms with Gasteiger partial charge in [-0.15, -0.1) is 0 Å². The molecule has 1 fully saturated rings. The van der Waals surface area contributed by atoms with Crippen molar-refractivity contribution in [1.82, 2.24) is 5.48 Å². The molecule has 2 aromatic carbocycles. The number of sulfone groups is 1. The van der Waals surface area contributed by atoms with Crippen LogP contribution in [0.4, 0.5) is 10.1 Å². The van der Waals surface area contributed by atoms with Crippen LogP contribution in [-0.2, 0) is 24.7 Å². The molecule has 12 heteroatoms. The Bertz CT molecular complexity index is 1580. The minimum atomic E-state index is -3.71. The molecule has 0 amide bonds. The molecular formula is C25H28FN3O6S2. The molecule has 0 radical (unpaired) electrons. The largest absolute Gasteiger partial charge is 0.455 e. The van der Waals surface area contributed by atoms with E-state index in [2.05, 4.69) is 10.5 Å². The third-order valence-electron chi connectivity index (χ3n) is 6.38. The molecule has 1 saturated carbocycles. The summed E-state index contributed by atoms with van der Waals surface area (Å²) in [5, 5.41) is 0.728. The summed E-state index contributed by atoms with van der Waals surface area (Å²) in [6, 6.07) is 9.53. The van der Waals surface area contributed by atoms with Crippen LogP contribution < -0.4 is 9.79 Å². The number of aliphatic imine (C=N–C) groups is 1. The summed E-state index contributed by atoms with van der Waals surface area (Å²) in [5.41, 5.74) is 5.90. The van der Waals surface area contributed by atoms with Crippen LogP contribution in [0.5, 0.6) is 0 Å². The van der Waals surface area contributed by atoms with Crippen molar-refractivity contribution in [2.45, 2.75) is 25.2 Å². The molecule has 0 bridgehead atoms. The number of anilines is 1. The molecular weight excluding hydrogens is 521 g/mol. The quantitative estimate of drug-likeness (QED) is 0.433. The minimum Gasteiger partial charge on any atom is -0.455 e. The van der Waals surface area contributed by atoms with Gasteiger partial charge in [-0.05, 0) is 61.1 Å². The van der Waals surface area contributed by atoms with Gasteiger partial charge in [0.05, 0.1) is 36.4 Å². The molecule has 1 aliphatic carbocycles. The van der Waals surface area contributed by atoms with E-state index in [1.165, 1.54) is 16.4 Å². The topological polar surface area (TPSA) is 118 Å². The maximum absolute atomic E-state index is 13.7. The summed E-state index contributed by atoms with van der Waals surface area (Å²) < 4.78 is 70.3. The Kier molecular flexibility index (Phi) is 6.75. The van der Waals surface area contributed by atoms with Gasteiger partial charge in [0.2, 0.25) is 10.0 Å². The number of furan rings is 1. The number of hydrogen-bond acceptors (Lipinski definition) is 8. The number of halogens is 1. The number of hydrogen-bond donors (Lipinski definition) is 1. The molecule has 9 nitrogen and oxygen atoms in total. The van der Waals surface area contributed by atoms with Gasteiger partial charge in [0.1, 0.15) is 27.0 Å². The fraction of sp³-hybridized carbons (Fsp3) is 0.400. The van der Waals surface area contributed by atoms with Crippen LogP contribution in [0.3, 0.4) is 0 Å². The van der Waals surface area contributed by atoms with E-state index in [0.29, 0.717) is 47.1 Å². The van der Waals surface area contributed by atoms with Crippen LogP contribution in [0.15, 0.2) is 45.8 Å².